The zero-order valence-electron chi connectivity index (χ0n) is 19.5. The van der Waals surface area contributed by atoms with Crippen molar-refractivity contribution in [2.75, 3.05) is 40.9 Å². The van der Waals surface area contributed by atoms with Gasteiger partial charge in [-0.05, 0) is 19.3 Å². The van der Waals surface area contributed by atoms with E-state index in [1.54, 1.807) is 6.08 Å². The first kappa shape index (κ1) is 29.2. The molecule has 3 unspecified atom stereocenters. The van der Waals surface area contributed by atoms with E-state index in [-0.39, 0.29) is 19.1 Å². The maximum Gasteiger partial charge on any atom is 0.268 e. The van der Waals surface area contributed by atoms with Crippen LogP contribution in [0.25, 0.3) is 0 Å². The Morgan fingerprint density at radius 2 is 1.80 bits per heavy atom. The van der Waals surface area contributed by atoms with Crippen LogP contribution in [0.2, 0.25) is 0 Å². The number of unbranched alkanes of at least 4 members (excludes halogenated alkanes) is 5. The minimum Gasteiger partial charge on any atom is -0.756 e. The van der Waals surface area contributed by atoms with E-state index >= 15 is 0 Å². The molecule has 8 nitrogen and oxygen atoms in total. The second kappa shape index (κ2) is 16.0. The molecule has 9 heteroatoms. The number of likely N-dealkylation sites (N-methyl/N-ethyl adjacent to an activating group) is 1. The molecule has 0 aliphatic carbocycles. The normalized spacial score (nSPS) is 16.4. The predicted octanol–water partition coefficient (Wildman–Crippen LogP) is 2.76. The number of phosphoric acid groups is 1. The number of hydrogen-bond acceptors (Lipinski definition) is 6. The Morgan fingerprint density at radius 1 is 1.13 bits per heavy atom. The van der Waals surface area contributed by atoms with Crippen molar-refractivity contribution in [3.63, 3.8) is 0 Å². The van der Waals surface area contributed by atoms with Crippen molar-refractivity contribution in [1.82, 2.24) is 5.32 Å². The number of aliphatic hydroxyl groups is 1. The van der Waals surface area contributed by atoms with Crippen LogP contribution in [0.15, 0.2) is 12.2 Å². The number of amides is 1. The van der Waals surface area contributed by atoms with Crippen LogP contribution in [0.4, 0.5) is 0 Å². The number of nitrogens with zero attached hydrogens (tertiary/aromatic N) is 1. The molecule has 0 fully saturated rings. The van der Waals surface area contributed by atoms with E-state index in [0.29, 0.717) is 23.9 Å². The molecular formula is C21H43N2O6P. The van der Waals surface area contributed by atoms with Gasteiger partial charge >= 0.3 is 0 Å². The van der Waals surface area contributed by atoms with Crippen molar-refractivity contribution in [2.45, 2.75) is 77.4 Å². The first-order valence-electron chi connectivity index (χ1n) is 11.1. The molecule has 1 amide bonds. The second-order valence-electron chi connectivity index (χ2n) is 8.64. The number of aliphatic hydroxyl groups excluding tert-OH is 1. The van der Waals surface area contributed by atoms with E-state index in [1.165, 1.54) is 19.3 Å². The summed E-state index contributed by atoms with van der Waals surface area (Å²) in [4.78, 5) is 24.0. The molecule has 0 bridgehead atoms. The van der Waals surface area contributed by atoms with E-state index in [4.69, 9.17) is 9.05 Å². The van der Waals surface area contributed by atoms with Crippen molar-refractivity contribution in [3.8, 4) is 0 Å². The summed E-state index contributed by atoms with van der Waals surface area (Å²) in [7, 11) is 1.24. The Labute approximate surface area is 182 Å². The number of rotatable bonds is 18. The molecule has 178 valence electrons. The minimum absolute atomic E-state index is 0.00236. The van der Waals surface area contributed by atoms with Crippen LogP contribution in [-0.4, -0.2) is 68.5 Å². The molecule has 3 atom stereocenters. The van der Waals surface area contributed by atoms with Crippen molar-refractivity contribution in [3.05, 3.63) is 12.2 Å². The lowest BCUT2D eigenvalue weighted by Gasteiger charge is -2.29. The molecule has 2 N–H and O–H groups in total. The third kappa shape index (κ3) is 17.0. The standard InChI is InChI=1S/C21H43N2O6P/c1-6-8-9-10-11-12-13-15-20(24)19(22-21(25)14-7-2)18-29-30(26,27)28-17-16-23(3,4)5/h13,15,19-20,24H,6-12,14,16-18H2,1-5H3,(H-,22,25,26,27)/b15-13+. The van der Waals surface area contributed by atoms with Crippen LogP contribution in [0.3, 0.4) is 0 Å². The number of nitrogens with one attached hydrogen (secondary N) is 1. The molecule has 0 aromatic rings. The summed E-state index contributed by atoms with van der Waals surface area (Å²) < 4.78 is 22.4. The number of quaternary nitrogens is 1. The number of allylic oxidation sites excluding steroid dienone is 1. The van der Waals surface area contributed by atoms with Gasteiger partial charge in [-0.15, -0.1) is 0 Å². The van der Waals surface area contributed by atoms with Gasteiger partial charge in [0.2, 0.25) is 5.91 Å². The van der Waals surface area contributed by atoms with Crippen molar-refractivity contribution in [2.24, 2.45) is 0 Å². The Balaban J connectivity index is 4.67. The fraction of sp³-hybridized carbons (Fsp3) is 0.857. The first-order valence-corrected chi connectivity index (χ1v) is 12.5. The lowest BCUT2D eigenvalue weighted by Crippen LogP contribution is -2.45. The number of carbonyl (C=O) groups is 1. The lowest BCUT2D eigenvalue weighted by atomic mass is 10.1. The van der Waals surface area contributed by atoms with E-state index in [1.807, 2.05) is 34.1 Å². The minimum atomic E-state index is -4.52. The van der Waals surface area contributed by atoms with Gasteiger partial charge < -0.3 is 28.8 Å². The quantitative estimate of drug-likeness (QED) is 0.144. The second-order valence-corrected chi connectivity index (χ2v) is 10.0. The van der Waals surface area contributed by atoms with Crippen LogP contribution < -0.4 is 10.2 Å². The highest BCUT2D eigenvalue weighted by Gasteiger charge is 2.22. The van der Waals surface area contributed by atoms with Gasteiger partial charge in [-0.25, -0.2) is 0 Å². The first-order chi connectivity index (χ1) is 14.0. The fourth-order valence-electron chi connectivity index (χ4n) is 2.60. The molecule has 0 aromatic carbocycles. The smallest absolute Gasteiger partial charge is 0.268 e. The van der Waals surface area contributed by atoms with Crippen LogP contribution in [-0.2, 0) is 18.4 Å². The molecule has 0 aliphatic rings. The van der Waals surface area contributed by atoms with E-state index in [0.717, 1.165) is 19.3 Å². The van der Waals surface area contributed by atoms with Gasteiger partial charge in [-0.2, -0.15) is 0 Å². The van der Waals surface area contributed by atoms with Gasteiger partial charge in [0.1, 0.15) is 13.2 Å². The Hall–Kier alpha value is -0.760. The monoisotopic (exact) mass is 450 g/mol. The Morgan fingerprint density at radius 3 is 2.40 bits per heavy atom. The van der Waals surface area contributed by atoms with Gasteiger partial charge in [0.05, 0.1) is 39.9 Å². The van der Waals surface area contributed by atoms with Crippen molar-refractivity contribution >= 4 is 13.7 Å². The van der Waals surface area contributed by atoms with E-state index in [9.17, 15) is 19.4 Å². The van der Waals surface area contributed by atoms with Gasteiger partial charge in [0.15, 0.2) is 0 Å². The third-order valence-corrected chi connectivity index (χ3v) is 5.43. The lowest BCUT2D eigenvalue weighted by molar-refractivity contribution is -0.870. The summed E-state index contributed by atoms with van der Waals surface area (Å²) in [5.74, 6) is -0.259. The van der Waals surface area contributed by atoms with Gasteiger partial charge in [-0.3, -0.25) is 9.36 Å². The summed E-state index contributed by atoms with van der Waals surface area (Å²) in [6, 6.07) is -0.871. The number of carbonyl (C=O) groups excluding carboxylic acids is 1. The van der Waals surface area contributed by atoms with E-state index < -0.39 is 20.0 Å². The SMILES string of the molecule is CCCCCCC/C=C/C(O)C(COP(=O)([O-])OCC[N+](C)(C)C)NC(=O)CCC. The third-order valence-electron chi connectivity index (χ3n) is 4.47. The van der Waals surface area contributed by atoms with Crippen molar-refractivity contribution < 1.29 is 32.9 Å². The molecule has 0 radical (unpaired) electrons. The molecule has 0 saturated heterocycles. The largest absolute Gasteiger partial charge is 0.756 e. The summed E-state index contributed by atoms with van der Waals surface area (Å²) >= 11 is 0. The van der Waals surface area contributed by atoms with Crippen LogP contribution in [0.5, 0.6) is 0 Å². The Bertz CT molecular complexity index is 536. The highest BCUT2D eigenvalue weighted by Crippen LogP contribution is 2.38. The molecular weight excluding hydrogens is 407 g/mol. The molecule has 0 saturated carbocycles. The molecule has 0 spiro atoms. The van der Waals surface area contributed by atoms with Gasteiger partial charge in [0, 0.05) is 6.42 Å². The molecule has 0 aliphatic heterocycles. The summed E-state index contributed by atoms with van der Waals surface area (Å²) in [6.07, 6.45) is 9.95. The molecule has 0 heterocycles. The average Bonchev–Trinajstić information content (AvgIpc) is 2.63. The summed E-state index contributed by atoms with van der Waals surface area (Å²) in [5, 5.41) is 13.1. The topological polar surface area (TPSA) is 108 Å². The van der Waals surface area contributed by atoms with Crippen molar-refractivity contribution in [1.29, 1.82) is 0 Å². The predicted molar refractivity (Wildman–Crippen MR) is 118 cm³/mol. The van der Waals surface area contributed by atoms with Crippen LogP contribution >= 0.6 is 7.82 Å². The highest BCUT2D eigenvalue weighted by molar-refractivity contribution is 7.45. The average molecular weight is 451 g/mol. The van der Waals surface area contributed by atoms with Gasteiger partial charge in [0.25, 0.3) is 7.82 Å². The zero-order chi connectivity index (χ0) is 23.0. The summed E-state index contributed by atoms with van der Waals surface area (Å²) in [5.41, 5.74) is 0. The van der Waals surface area contributed by atoms with Crippen LogP contribution in [0, 0.1) is 0 Å². The maximum atomic E-state index is 12.0. The molecule has 30 heavy (non-hydrogen) atoms. The van der Waals surface area contributed by atoms with E-state index in [2.05, 4.69) is 12.2 Å². The molecule has 0 rings (SSSR count). The molecule has 0 aromatic heterocycles. The van der Waals surface area contributed by atoms with Crippen LogP contribution in [0.1, 0.15) is 65.2 Å². The fourth-order valence-corrected chi connectivity index (χ4v) is 3.33. The zero-order valence-corrected chi connectivity index (χ0v) is 20.4. The maximum absolute atomic E-state index is 12.0. The summed E-state index contributed by atoms with van der Waals surface area (Å²) in [6.45, 7) is 4.14. The number of phosphoric ester groups is 1. The highest BCUT2D eigenvalue weighted by atomic mass is 31.2. The number of hydrogen-bond donors (Lipinski definition) is 2. The van der Waals surface area contributed by atoms with Gasteiger partial charge in [-0.1, -0.05) is 51.7 Å². The Kier molecular flexibility index (Phi) is 15.6.